The average Bonchev–Trinajstić information content (AvgIpc) is 2.96. The van der Waals surface area contributed by atoms with Crippen LogP contribution in [0.25, 0.3) is 10.8 Å². The summed E-state index contributed by atoms with van der Waals surface area (Å²) in [6, 6.07) is 25.3. The Labute approximate surface area is 191 Å². The van der Waals surface area contributed by atoms with E-state index in [0.717, 1.165) is 0 Å². The first-order valence-electron chi connectivity index (χ1n) is 7.30. The van der Waals surface area contributed by atoms with E-state index in [2.05, 4.69) is 93.0 Å². The third kappa shape index (κ3) is 10.7. The smallest absolute Gasteiger partial charge is 0 e. The molecule has 0 atom stereocenters. The van der Waals surface area contributed by atoms with Crippen molar-refractivity contribution < 1.29 is 63.1 Å². The first-order chi connectivity index (χ1) is 10.2. The van der Waals surface area contributed by atoms with E-state index < -0.39 is 0 Å². The zero-order valence-electron chi connectivity index (χ0n) is 14.7. The van der Waals surface area contributed by atoms with Crippen LogP contribution < -0.4 is 37.2 Å². The van der Waals surface area contributed by atoms with Crippen molar-refractivity contribution in [2.75, 3.05) is 19.5 Å². The van der Waals surface area contributed by atoms with Gasteiger partial charge in [0.15, 0.2) is 0 Å². The maximum atomic E-state index is 2.32. The molecule has 138 valence electrons. The Balaban J connectivity index is -0.000000341. The molecule has 0 unspecified atom stereocenters. The van der Waals surface area contributed by atoms with Gasteiger partial charge in [0.1, 0.15) is 0 Å². The first-order valence-corrected chi connectivity index (χ1v) is 9.72. The topological polar surface area (TPSA) is 0 Å². The number of benzene rings is 2. The van der Waals surface area contributed by atoms with E-state index in [9.17, 15) is 0 Å². The fourth-order valence-electron chi connectivity index (χ4n) is 2.36. The van der Waals surface area contributed by atoms with Crippen molar-refractivity contribution in [1.82, 2.24) is 0 Å². The molecule has 3 rings (SSSR count). The molecule has 0 bridgehead atoms. The maximum absolute atomic E-state index is 2.32. The molecule has 0 N–H and O–H groups in total. The van der Waals surface area contributed by atoms with E-state index in [4.69, 9.17) is 0 Å². The van der Waals surface area contributed by atoms with Gasteiger partial charge in [0.2, 0.25) is 0 Å². The normalized spacial score (nSPS) is 8.64. The molecule has 0 nitrogen and oxygen atoms in total. The van der Waals surface area contributed by atoms with Crippen LogP contribution in [-0.4, -0.2) is 19.5 Å². The van der Waals surface area contributed by atoms with Gasteiger partial charge in [0.25, 0.3) is 0 Å². The second-order valence-corrected chi connectivity index (χ2v) is 8.01. The minimum absolute atomic E-state index is 0. The molecule has 0 aliphatic carbocycles. The number of halogens is 3. The van der Waals surface area contributed by atoms with Crippen molar-refractivity contribution in [1.29, 1.82) is 0 Å². The van der Waals surface area contributed by atoms with Crippen molar-refractivity contribution in [3.8, 4) is 0 Å². The van der Waals surface area contributed by atoms with Crippen LogP contribution in [0.15, 0.2) is 72.8 Å². The number of rotatable bonds is 3. The second kappa shape index (κ2) is 16.3. The summed E-state index contributed by atoms with van der Waals surface area (Å²) in [4.78, 5) is 0. The van der Waals surface area contributed by atoms with E-state index in [0.29, 0.717) is 0 Å². The molecule has 0 spiro atoms. The Morgan fingerprint density at radius 3 is 1.96 bits per heavy atom. The Hall–Kier alpha value is 0.0901. The molecule has 0 aliphatic rings. The summed E-state index contributed by atoms with van der Waals surface area (Å²) in [6.45, 7) is 6.88. The van der Waals surface area contributed by atoms with E-state index in [1.807, 2.05) is 0 Å². The van der Waals surface area contributed by atoms with Crippen molar-refractivity contribution in [3.05, 3.63) is 84.3 Å². The molecule has 3 aromatic rings. The first kappa shape index (κ1) is 29.8. The zero-order valence-corrected chi connectivity index (χ0v) is 21.5. The van der Waals surface area contributed by atoms with E-state index in [1.165, 1.54) is 28.4 Å². The molecule has 0 fully saturated rings. The minimum Gasteiger partial charge on any atom is -1.00 e. The second-order valence-electron chi connectivity index (χ2n) is 5.54. The summed E-state index contributed by atoms with van der Waals surface area (Å²) < 4.78 is 0. The summed E-state index contributed by atoms with van der Waals surface area (Å²) in [6.07, 6.45) is 1.26. The van der Waals surface area contributed by atoms with Crippen molar-refractivity contribution in [2.24, 2.45) is 0 Å². The van der Waals surface area contributed by atoms with Crippen LogP contribution in [0, 0.1) is 5.92 Å². The van der Waals surface area contributed by atoms with Crippen LogP contribution in [0.3, 0.4) is 0 Å². The molecule has 5 heteroatoms. The third-order valence-electron chi connectivity index (χ3n) is 3.37. The standard InChI is InChI=1S/C11H16P.C9H7.3ClH.Hf/c1-10(9-12(2)3)11-7-5-4-6-8-11;1-2-5-9-7-3-6-8(9)4-1;;;;/h4-8H,9H2,1-3H3;1-7H;3*1H;/q2*-1;;;;/p-3. The molecule has 0 saturated heterocycles. The van der Waals surface area contributed by atoms with Crippen molar-refractivity contribution in [3.63, 3.8) is 0 Å². The van der Waals surface area contributed by atoms with Gasteiger partial charge < -0.3 is 37.2 Å². The monoisotopic (exact) mass is 579 g/mol. The molecular weight excluding hydrogens is 556 g/mol. The Kier molecular flexibility index (Phi) is 19.4. The van der Waals surface area contributed by atoms with Gasteiger partial charge in [-0.1, -0.05) is 25.2 Å². The molecule has 0 heterocycles. The van der Waals surface area contributed by atoms with Crippen molar-refractivity contribution >= 4 is 18.7 Å². The van der Waals surface area contributed by atoms with Gasteiger partial charge in [-0.3, -0.25) is 0 Å². The Morgan fingerprint density at radius 2 is 1.40 bits per heavy atom. The van der Waals surface area contributed by atoms with Crippen LogP contribution in [0.4, 0.5) is 0 Å². The van der Waals surface area contributed by atoms with E-state index in [-0.39, 0.29) is 71.0 Å². The van der Waals surface area contributed by atoms with Gasteiger partial charge >= 0.3 is 0 Å². The third-order valence-corrected chi connectivity index (χ3v) is 4.47. The molecule has 3 aromatic carbocycles. The molecule has 0 radical (unpaired) electrons. The fraction of sp³-hybridized carbons (Fsp3) is 0.200. The molecule has 0 amide bonds. The quantitative estimate of drug-likeness (QED) is 0.176. The van der Waals surface area contributed by atoms with Gasteiger partial charge in [-0.05, 0) is 13.3 Å². The Morgan fingerprint density at radius 1 is 0.840 bits per heavy atom. The SMILES string of the molecule is C[C-](CP(C)C)c1ccccc1.[Cl-].[Cl-].[Cl-].[Hf].c1ccc2[cH-]ccc2c1. The summed E-state index contributed by atoms with van der Waals surface area (Å²) in [7, 11) is 0.199. The van der Waals surface area contributed by atoms with Gasteiger partial charge in [0, 0.05) is 25.8 Å². The fourth-order valence-corrected chi connectivity index (χ4v) is 3.49. The van der Waals surface area contributed by atoms with Crippen LogP contribution in [0.1, 0.15) is 12.5 Å². The summed E-state index contributed by atoms with van der Waals surface area (Å²) >= 11 is 0. The summed E-state index contributed by atoms with van der Waals surface area (Å²) in [5.41, 5.74) is 1.40. The summed E-state index contributed by atoms with van der Waals surface area (Å²) in [5, 5.41) is 2.66. The summed E-state index contributed by atoms with van der Waals surface area (Å²) in [5.74, 6) is 1.52. The molecule has 0 aliphatic heterocycles. The largest absolute Gasteiger partial charge is 1.00 e. The van der Waals surface area contributed by atoms with Crippen LogP contribution >= 0.6 is 7.92 Å². The van der Waals surface area contributed by atoms with Gasteiger partial charge in [-0.2, -0.15) is 41.1 Å². The molecule has 0 saturated carbocycles. The number of fused-ring (bicyclic) bond motifs is 1. The number of hydrogen-bond donors (Lipinski definition) is 0. The van der Waals surface area contributed by atoms with Crippen molar-refractivity contribution in [2.45, 2.75) is 6.92 Å². The molecule has 25 heavy (non-hydrogen) atoms. The predicted molar refractivity (Wildman–Crippen MR) is 97.6 cm³/mol. The number of hydrogen-bond acceptors (Lipinski definition) is 0. The van der Waals surface area contributed by atoms with Crippen LogP contribution in [-0.2, 0) is 25.8 Å². The average molecular weight is 579 g/mol. The molecule has 0 aromatic heterocycles. The van der Waals surface area contributed by atoms with E-state index in [1.54, 1.807) is 0 Å². The van der Waals surface area contributed by atoms with Gasteiger partial charge in [-0.15, -0.1) is 49.7 Å². The maximum Gasteiger partial charge on any atom is 0 e. The van der Waals surface area contributed by atoms with Crippen LogP contribution in [0.5, 0.6) is 0 Å². The zero-order chi connectivity index (χ0) is 15.1. The van der Waals surface area contributed by atoms with Gasteiger partial charge in [-0.25, -0.2) is 0 Å². The molecular formula is C20H23Cl3HfP-5. The van der Waals surface area contributed by atoms with Crippen LogP contribution in [0.2, 0.25) is 0 Å². The van der Waals surface area contributed by atoms with E-state index >= 15 is 0 Å². The minimum atomic E-state index is 0. The van der Waals surface area contributed by atoms with Gasteiger partial charge in [0.05, 0.1) is 0 Å². The Bertz CT molecular complexity index is 626. The predicted octanol–water partition coefficient (Wildman–Crippen LogP) is -3.06.